The van der Waals surface area contributed by atoms with Crippen LogP contribution in [0.15, 0.2) is 53.5 Å². The molecule has 0 aliphatic carbocycles. The van der Waals surface area contributed by atoms with Crippen LogP contribution in [0.1, 0.15) is 28.2 Å². The second kappa shape index (κ2) is 10.5. The second-order valence-corrected chi connectivity index (χ2v) is 5.73. The summed E-state index contributed by atoms with van der Waals surface area (Å²) < 4.78 is 0. The third kappa shape index (κ3) is 7.15. The first-order valence-corrected chi connectivity index (χ1v) is 8.61. The van der Waals surface area contributed by atoms with E-state index in [0.29, 0.717) is 24.5 Å². The molecule has 27 heavy (non-hydrogen) atoms. The number of carbonyl (C=O) groups excluding carboxylic acids is 2. The van der Waals surface area contributed by atoms with Crippen LogP contribution in [0.2, 0.25) is 0 Å². The molecule has 5 N–H and O–H groups in total. The van der Waals surface area contributed by atoms with E-state index in [9.17, 15) is 9.59 Å². The maximum Gasteiger partial charge on any atom is 0.269 e. The van der Waals surface area contributed by atoms with E-state index in [0.717, 1.165) is 5.56 Å². The van der Waals surface area contributed by atoms with E-state index >= 15 is 0 Å². The van der Waals surface area contributed by atoms with Gasteiger partial charge in [-0.15, -0.1) is 0 Å². The standard InChI is InChI=1S/C19H24N6O2/c1-21-18(27)16-9-5-8-15(25-16)13-24-19(20)22-11-10-17(26)23-12-14-6-3-2-4-7-14/h2-9H,10-13H2,1H3,(H,21,27)(H,23,26)(H3,20,22,24). The quantitative estimate of drug-likeness (QED) is 0.400. The van der Waals surface area contributed by atoms with Crippen LogP contribution in [0.4, 0.5) is 0 Å². The fraction of sp³-hybridized carbons (Fsp3) is 0.263. The van der Waals surface area contributed by atoms with Crippen molar-refractivity contribution in [2.45, 2.75) is 19.5 Å². The van der Waals surface area contributed by atoms with Gasteiger partial charge in [-0.25, -0.2) is 9.98 Å². The van der Waals surface area contributed by atoms with Gasteiger partial charge in [0.25, 0.3) is 5.91 Å². The highest BCUT2D eigenvalue weighted by atomic mass is 16.2. The van der Waals surface area contributed by atoms with Gasteiger partial charge in [-0.1, -0.05) is 36.4 Å². The molecule has 0 atom stereocenters. The number of pyridine rings is 1. The molecule has 1 aromatic carbocycles. The van der Waals surface area contributed by atoms with Crippen molar-refractivity contribution >= 4 is 17.8 Å². The van der Waals surface area contributed by atoms with Gasteiger partial charge < -0.3 is 21.7 Å². The van der Waals surface area contributed by atoms with E-state index in [1.165, 1.54) is 0 Å². The lowest BCUT2D eigenvalue weighted by atomic mass is 10.2. The van der Waals surface area contributed by atoms with Crippen LogP contribution in [0.3, 0.4) is 0 Å². The van der Waals surface area contributed by atoms with Gasteiger partial charge in [0.05, 0.1) is 12.2 Å². The molecule has 1 heterocycles. The molecular weight excluding hydrogens is 344 g/mol. The minimum atomic E-state index is -0.256. The molecule has 0 saturated heterocycles. The molecule has 0 saturated carbocycles. The molecule has 0 unspecified atom stereocenters. The molecule has 0 fully saturated rings. The first-order chi connectivity index (χ1) is 13.1. The fourth-order valence-corrected chi connectivity index (χ4v) is 2.23. The molecule has 2 aromatic rings. The maximum atomic E-state index is 11.8. The molecule has 142 valence electrons. The smallest absolute Gasteiger partial charge is 0.269 e. The van der Waals surface area contributed by atoms with Crippen molar-refractivity contribution in [1.82, 2.24) is 20.9 Å². The van der Waals surface area contributed by atoms with Crippen LogP contribution in [0.5, 0.6) is 0 Å². The summed E-state index contributed by atoms with van der Waals surface area (Å²) in [5.41, 5.74) is 7.80. The number of benzene rings is 1. The highest BCUT2D eigenvalue weighted by molar-refractivity contribution is 5.92. The molecule has 0 bridgehead atoms. The van der Waals surface area contributed by atoms with Gasteiger partial charge in [-0.05, 0) is 17.7 Å². The number of nitrogens with zero attached hydrogens (tertiary/aromatic N) is 2. The Morgan fingerprint density at radius 1 is 1.07 bits per heavy atom. The van der Waals surface area contributed by atoms with Crippen LogP contribution < -0.4 is 21.7 Å². The number of amides is 2. The Morgan fingerprint density at radius 3 is 2.59 bits per heavy atom. The normalized spacial score (nSPS) is 10.9. The number of nitrogens with one attached hydrogen (secondary N) is 3. The van der Waals surface area contributed by atoms with Crippen molar-refractivity contribution in [3.8, 4) is 0 Å². The number of guanidine groups is 1. The number of hydrogen-bond acceptors (Lipinski definition) is 4. The lowest BCUT2D eigenvalue weighted by Crippen LogP contribution is -2.35. The van der Waals surface area contributed by atoms with Crippen molar-refractivity contribution in [2.75, 3.05) is 13.6 Å². The van der Waals surface area contributed by atoms with Gasteiger partial charge in [0.15, 0.2) is 5.96 Å². The zero-order valence-electron chi connectivity index (χ0n) is 15.2. The largest absolute Gasteiger partial charge is 0.370 e. The van der Waals surface area contributed by atoms with Crippen LogP contribution in [0.25, 0.3) is 0 Å². The SMILES string of the molecule is CNC(=O)c1cccc(CN=C(N)NCCC(=O)NCc2ccccc2)n1. The number of aromatic nitrogens is 1. The number of rotatable bonds is 8. The van der Waals surface area contributed by atoms with Gasteiger partial charge >= 0.3 is 0 Å². The predicted molar refractivity (Wildman–Crippen MR) is 104 cm³/mol. The van der Waals surface area contributed by atoms with Crippen LogP contribution in [-0.2, 0) is 17.9 Å². The first kappa shape index (κ1) is 19.9. The van der Waals surface area contributed by atoms with E-state index in [1.54, 1.807) is 25.2 Å². The molecule has 8 nitrogen and oxygen atoms in total. The molecular formula is C19H24N6O2. The summed E-state index contributed by atoms with van der Waals surface area (Å²) in [7, 11) is 1.55. The van der Waals surface area contributed by atoms with Gasteiger partial charge in [-0.3, -0.25) is 9.59 Å². The highest BCUT2D eigenvalue weighted by Crippen LogP contribution is 2.01. The molecule has 1 aromatic heterocycles. The Labute approximate surface area is 158 Å². The van der Waals surface area contributed by atoms with E-state index in [4.69, 9.17) is 5.73 Å². The van der Waals surface area contributed by atoms with Crippen LogP contribution in [0, 0.1) is 0 Å². The summed E-state index contributed by atoms with van der Waals surface area (Å²) in [6, 6.07) is 14.8. The molecule has 0 aliphatic heterocycles. The topological polar surface area (TPSA) is 122 Å². The van der Waals surface area contributed by atoms with Crippen LogP contribution in [-0.4, -0.2) is 36.4 Å². The lowest BCUT2D eigenvalue weighted by molar-refractivity contribution is -0.121. The summed E-state index contributed by atoms with van der Waals surface area (Å²) in [5.74, 6) is -0.106. The van der Waals surface area contributed by atoms with E-state index in [1.807, 2.05) is 30.3 Å². The average molecular weight is 368 g/mol. The third-order valence-corrected chi connectivity index (χ3v) is 3.67. The van der Waals surface area contributed by atoms with Crippen molar-refractivity contribution in [2.24, 2.45) is 10.7 Å². The molecule has 0 aliphatic rings. The summed E-state index contributed by atoms with van der Waals surface area (Å²) in [6.07, 6.45) is 0.285. The Bertz CT molecular complexity index is 792. The van der Waals surface area contributed by atoms with Gasteiger partial charge in [0, 0.05) is 26.6 Å². The van der Waals surface area contributed by atoms with E-state index in [2.05, 4.69) is 25.9 Å². The maximum absolute atomic E-state index is 11.8. The Kier molecular flexibility index (Phi) is 7.77. The summed E-state index contributed by atoms with van der Waals surface area (Å²) in [5, 5.41) is 8.26. The predicted octanol–water partition coefficient (Wildman–Crippen LogP) is 0.552. The Morgan fingerprint density at radius 2 is 1.85 bits per heavy atom. The average Bonchev–Trinajstić information content (AvgIpc) is 2.71. The number of carbonyl (C=O) groups is 2. The van der Waals surface area contributed by atoms with Crippen molar-refractivity contribution in [1.29, 1.82) is 0 Å². The molecule has 0 radical (unpaired) electrons. The second-order valence-electron chi connectivity index (χ2n) is 5.73. The number of hydrogen-bond donors (Lipinski definition) is 4. The van der Waals surface area contributed by atoms with Gasteiger partial charge in [0.1, 0.15) is 5.69 Å². The minimum absolute atomic E-state index is 0.0703. The first-order valence-electron chi connectivity index (χ1n) is 8.61. The molecule has 0 spiro atoms. The van der Waals surface area contributed by atoms with Crippen molar-refractivity contribution < 1.29 is 9.59 Å². The molecule has 2 rings (SSSR count). The molecule has 8 heteroatoms. The molecule has 2 amide bonds. The summed E-state index contributed by atoms with van der Waals surface area (Å²) in [4.78, 5) is 31.8. The van der Waals surface area contributed by atoms with Gasteiger partial charge in [-0.2, -0.15) is 0 Å². The fourth-order valence-electron chi connectivity index (χ4n) is 2.23. The Hall–Kier alpha value is -3.42. The monoisotopic (exact) mass is 368 g/mol. The van der Waals surface area contributed by atoms with E-state index in [-0.39, 0.29) is 30.7 Å². The van der Waals surface area contributed by atoms with Gasteiger partial charge in [0.2, 0.25) is 5.91 Å². The van der Waals surface area contributed by atoms with E-state index < -0.39 is 0 Å². The van der Waals surface area contributed by atoms with Crippen molar-refractivity contribution in [3.63, 3.8) is 0 Å². The zero-order valence-corrected chi connectivity index (χ0v) is 15.2. The summed E-state index contributed by atoms with van der Waals surface area (Å²) >= 11 is 0. The third-order valence-electron chi connectivity index (χ3n) is 3.67. The van der Waals surface area contributed by atoms with Crippen LogP contribution >= 0.6 is 0 Å². The number of aliphatic imine (C=N–C) groups is 1. The zero-order chi connectivity index (χ0) is 19.5. The highest BCUT2D eigenvalue weighted by Gasteiger charge is 2.05. The number of nitrogens with two attached hydrogens (primary N) is 1. The summed E-state index contributed by atoms with van der Waals surface area (Å²) in [6.45, 7) is 1.11. The minimum Gasteiger partial charge on any atom is -0.370 e. The lowest BCUT2D eigenvalue weighted by Gasteiger charge is -2.07. The Balaban J connectivity index is 1.71. The van der Waals surface area contributed by atoms with Crippen molar-refractivity contribution in [3.05, 3.63) is 65.5 Å².